The van der Waals surface area contributed by atoms with E-state index in [1.165, 1.54) is 0 Å². The molecular formula is C17H15N3OS. The van der Waals surface area contributed by atoms with Crippen LogP contribution in [0, 0.1) is 0 Å². The second kappa shape index (κ2) is 6.87. The number of rotatable bonds is 5. The van der Waals surface area contributed by atoms with Crippen LogP contribution in [0.2, 0.25) is 0 Å². The normalized spacial score (nSPS) is 10.2. The Hall–Kier alpha value is -2.66. The number of benzene rings is 2. The average molecular weight is 309 g/mol. The molecule has 0 aliphatic carbocycles. The van der Waals surface area contributed by atoms with Gasteiger partial charge >= 0.3 is 0 Å². The van der Waals surface area contributed by atoms with E-state index in [1.54, 1.807) is 11.3 Å². The van der Waals surface area contributed by atoms with Crippen LogP contribution >= 0.6 is 11.3 Å². The first kappa shape index (κ1) is 14.3. The fourth-order valence-electron chi connectivity index (χ4n) is 1.98. The molecule has 0 bridgehead atoms. The molecule has 1 aromatic heterocycles. The van der Waals surface area contributed by atoms with Crippen molar-refractivity contribution in [2.75, 3.05) is 10.6 Å². The summed E-state index contributed by atoms with van der Waals surface area (Å²) >= 11 is 1.58. The minimum Gasteiger partial charge on any atom is -0.379 e. The Kier molecular flexibility index (Phi) is 4.46. The molecule has 2 N–H and O–H groups in total. The Balaban J connectivity index is 1.60. The van der Waals surface area contributed by atoms with Gasteiger partial charge in [0.1, 0.15) is 0 Å². The molecule has 3 aromatic rings. The van der Waals surface area contributed by atoms with E-state index in [9.17, 15) is 4.79 Å². The van der Waals surface area contributed by atoms with Gasteiger partial charge in [0.2, 0.25) is 0 Å². The molecule has 110 valence electrons. The summed E-state index contributed by atoms with van der Waals surface area (Å²) in [7, 11) is 0. The van der Waals surface area contributed by atoms with Crippen LogP contribution in [0.15, 0.2) is 65.5 Å². The molecule has 2 aromatic carbocycles. The number of carbonyl (C=O) groups excluding carboxylic acids is 1. The zero-order chi connectivity index (χ0) is 15.2. The van der Waals surface area contributed by atoms with Crippen LogP contribution in [-0.2, 0) is 6.54 Å². The van der Waals surface area contributed by atoms with Gasteiger partial charge in [0, 0.05) is 22.3 Å². The van der Waals surface area contributed by atoms with Gasteiger partial charge in [0.25, 0.3) is 5.91 Å². The molecule has 0 aliphatic rings. The monoisotopic (exact) mass is 309 g/mol. The third-order valence-corrected chi connectivity index (χ3v) is 3.77. The Morgan fingerprint density at radius 2 is 1.77 bits per heavy atom. The lowest BCUT2D eigenvalue weighted by atomic mass is 10.2. The van der Waals surface area contributed by atoms with Gasteiger partial charge in [-0.25, -0.2) is 4.98 Å². The SMILES string of the molecule is O=C(Nc1ccccc1)c1ccc(NCc2cscn2)cc1. The van der Waals surface area contributed by atoms with E-state index in [-0.39, 0.29) is 5.91 Å². The number of hydrogen-bond donors (Lipinski definition) is 2. The van der Waals surface area contributed by atoms with Crippen molar-refractivity contribution in [3.05, 3.63) is 76.7 Å². The molecule has 0 atom stereocenters. The molecule has 3 rings (SSSR count). The predicted molar refractivity (Wildman–Crippen MR) is 90.3 cm³/mol. The summed E-state index contributed by atoms with van der Waals surface area (Å²) in [5, 5.41) is 8.15. The molecule has 4 nitrogen and oxygen atoms in total. The highest BCUT2D eigenvalue weighted by Gasteiger charge is 2.05. The molecule has 0 spiro atoms. The fraction of sp³-hybridized carbons (Fsp3) is 0.0588. The Morgan fingerprint density at radius 3 is 2.45 bits per heavy atom. The minimum atomic E-state index is -0.114. The van der Waals surface area contributed by atoms with Crippen LogP contribution in [0.4, 0.5) is 11.4 Å². The maximum absolute atomic E-state index is 12.1. The highest BCUT2D eigenvalue weighted by Crippen LogP contribution is 2.13. The summed E-state index contributed by atoms with van der Waals surface area (Å²) in [5.74, 6) is -0.114. The number of anilines is 2. The number of thiazole rings is 1. The van der Waals surface area contributed by atoms with E-state index in [0.717, 1.165) is 17.1 Å². The smallest absolute Gasteiger partial charge is 0.255 e. The van der Waals surface area contributed by atoms with Gasteiger partial charge in [-0.3, -0.25) is 4.79 Å². The predicted octanol–water partition coefficient (Wildman–Crippen LogP) is 4.01. The number of aromatic nitrogens is 1. The quantitative estimate of drug-likeness (QED) is 0.749. The number of hydrogen-bond acceptors (Lipinski definition) is 4. The molecular weight excluding hydrogens is 294 g/mol. The number of nitrogens with one attached hydrogen (secondary N) is 2. The van der Waals surface area contributed by atoms with Gasteiger partial charge in [0.05, 0.1) is 17.7 Å². The summed E-state index contributed by atoms with van der Waals surface area (Å²) < 4.78 is 0. The zero-order valence-corrected chi connectivity index (χ0v) is 12.6. The van der Waals surface area contributed by atoms with E-state index in [1.807, 2.05) is 65.5 Å². The minimum absolute atomic E-state index is 0.114. The Morgan fingerprint density at radius 1 is 1.00 bits per heavy atom. The second-order valence-corrected chi connectivity index (χ2v) is 5.45. The first-order chi connectivity index (χ1) is 10.8. The maximum atomic E-state index is 12.1. The van der Waals surface area contributed by atoms with Crippen molar-refractivity contribution in [1.29, 1.82) is 0 Å². The second-order valence-electron chi connectivity index (χ2n) is 4.73. The van der Waals surface area contributed by atoms with Gasteiger partial charge in [-0.1, -0.05) is 18.2 Å². The molecule has 1 heterocycles. The third kappa shape index (κ3) is 3.71. The van der Waals surface area contributed by atoms with Crippen molar-refractivity contribution in [1.82, 2.24) is 4.98 Å². The first-order valence-corrected chi connectivity index (χ1v) is 7.83. The van der Waals surface area contributed by atoms with E-state index in [0.29, 0.717) is 12.1 Å². The van der Waals surface area contributed by atoms with Gasteiger partial charge in [0.15, 0.2) is 0 Å². The van der Waals surface area contributed by atoms with Crippen molar-refractivity contribution >= 4 is 28.6 Å². The van der Waals surface area contributed by atoms with Gasteiger partial charge in [-0.2, -0.15) is 0 Å². The van der Waals surface area contributed by atoms with Gasteiger partial charge < -0.3 is 10.6 Å². The third-order valence-electron chi connectivity index (χ3n) is 3.14. The zero-order valence-electron chi connectivity index (χ0n) is 11.8. The van der Waals surface area contributed by atoms with Crippen molar-refractivity contribution in [2.45, 2.75) is 6.54 Å². The van der Waals surface area contributed by atoms with E-state index in [2.05, 4.69) is 15.6 Å². The summed E-state index contributed by atoms with van der Waals surface area (Å²) in [6.07, 6.45) is 0. The molecule has 0 saturated carbocycles. The molecule has 0 unspecified atom stereocenters. The number of carbonyl (C=O) groups is 1. The van der Waals surface area contributed by atoms with Crippen LogP contribution in [-0.4, -0.2) is 10.9 Å². The standard InChI is InChI=1S/C17H15N3OS/c21-17(20-15-4-2-1-3-5-15)13-6-8-14(9-7-13)18-10-16-11-22-12-19-16/h1-9,11-12,18H,10H2,(H,20,21). The summed E-state index contributed by atoms with van der Waals surface area (Å²) in [5.41, 5.74) is 5.20. The van der Waals surface area contributed by atoms with E-state index >= 15 is 0 Å². The lowest BCUT2D eigenvalue weighted by molar-refractivity contribution is 0.102. The van der Waals surface area contributed by atoms with Crippen molar-refractivity contribution in [2.24, 2.45) is 0 Å². The number of nitrogens with zero attached hydrogens (tertiary/aromatic N) is 1. The lowest BCUT2D eigenvalue weighted by Gasteiger charge is -2.07. The van der Waals surface area contributed by atoms with Crippen LogP contribution in [0.5, 0.6) is 0 Å². The van der Waals surface area contributed by atoms with Crippen LogP contribution in [0.25, 0.3) is 0 Å². The highest BCUT2D eigenvalue weighted by molar-refractivity contribution is 7.07. The molecule has 0 radical (unpaired) electrons. The van der Waals surface area contributed by atoms with Crippen LogP contribution < -0.4 is 10.6 Å². The van der Waals surface area contributed by atoms with E-state index < -0.39 is 0 Å². The summed E-state index contributed by atoms with van der Waals surface area (Å²) in [6, 6.07) is 16.8. The Bertz CT molecular complexity index is 724. The molecule has 1 amide bonds. The largest absolute Gasteiger partial charge is 0.379 e. The van der Waals surface area contributed by atoms with Gasteiger partial charge in [-0.05, 0) is 36.4 Å². The highest BCUT2D eigenvalue weighted by atomic mass is 32.1. The fourth-order valence-corrected chi connectivity index (χ4v) is 2.54. The van der Waals surface area contributed by atoms with Crippen LogP contribution in [0.1, 0.15) is 16.1 Å². The van der Waals surface area contributed by atoms with Gasteiger partial charge in [-0.15, -0.1) is 11.3 Å². The summed E-state index contributed by atoms with van der Waals surface area (Å²) in [6.45, 7) is 0.680. The Labute approximate surface area is 132 Å². The lowest BCUT2D eigenvalue weighted by Crippen LogP contribution is -2.11. The van der Waals surface area contributed by atoms with Crippen molar-refractivity contribution in [3.63, 3.8) is 0 Å². The number of amides is 1. The van der Waals surface area contributed by atoms with E-state index in [4.69, 9.17) is 0 Å². The first-order valence-electron chi connectivity index (χ1n) is 6.89. The summed E-state index contributed by atoms with van der Waals surface area (Å²) in [4.78, 5) is 16.3. The van der Waals surface area contributed by atoms with Crippen LogP contribution in [0.3, 0.4) is 0 Å². The molecule has 0 aliphatic heterocycles. The average Bonchev–Trinajstić information content (AvgIpc) is 3.08. The topological polar surface area (TPSA) is 54.0 Å². The molecule has 22 heavy (non-hydrogen) atoms. The molecule has 0 saturated heterocycles. The van der Waals surface area contributed by atoms with Crippen molar-refractivity contribution < 1.29 is 4.79 Å². The van der Waals surface area contributed by atoms with Crippen molar-refractivity contribution in [3.8, 4) is 0 Å². The number of para-hydroxylation sites is 1. The molecule has 5 heteroatoms. The maximum Gasteiger partial charge on any atom is 0.255 e. The molecule has 0 fully saturated rings.